The highest BCUT2D eigenvalue weighted by molar-refractivity contribution is 5.54. The van der Waals surface area contributed by atoms with Crippen LogP contribution >= 0.6 is 0 Å². The van der Waals surface area contributed by atoms with E-state index in [1.807, 2.05) is 25.1 Å². The number of anilines is 1. The summed E-state index contributed by atoms with van der Waals surface area (Å²) < 4.78 is 37.8. The minimum absolute atomic E-state index is 0.0548. The van der Waals surface area contributed by atoms with Gasteiger partial charge in [-0.15, -0.1) is 0 Å². The summed E-state index contributed by atoms with van der Waals surface area (Å²) in [5.41, 5.74) is -0.854. The Hall–Kier alpha value is -1.81. The fraction of sp³-hybridized carbons (Fsp3) is 0.500. The number of nitrogens with zero attached hydrogens (tertiary/aromatic N) is 4. The summed E-state index contributed by atoms with van der Waals surface area (Å²) in [6, 6.07) is 3.83. The van der Waals surface area contributed by atoms with Crippen LogP contribution in [0.25, 0.3) is 0 Å². The number of nitriles is 1. The molecule has 0 radical (unpaired) electrons. The molecule has 19 heavy (non-hydrogen) atoms. The first-order chi connectivity index (χ1) is 8.75. The minimum atomic E-state index is -4.51. The smallest absolute Gasteiger partial charge is 0.357 e. The molecule has 1 aromatic heterocycles. The van der Waals surface area contributed by atoms with Crippen molar-refractivity contribution in [2.75, 3.05) is 39.1 Å². The molecule has 0 saturated heterocycles. The summed E-state index contributed by atoms with van der Waals surface area (Å²) in [5, 5.41) is 8.93. The molecule has 0 atom stereocenters. The van der Waals surface area contributed by atoms with Gasteiger partial charge in [-0.05, 0) is 26.2 Å². The van der Waals surface area contributed by atoms with Gasteiger partial charge in [-0.25, -0.2) is 4.98 Å². The van der Waals surface area contributed by atoms with E-state index in [1.165, 1.54) is 0 Å². The number of pyridine rings is 1. The second kappa shape index (κ2) is 5.89. The molecule has 0 bridgehead atoms. The molecule has 0 amide bonds. The molecule has 0 N–H and O–H groups in total. The molecule has 0 aliphatic heterocycles. The highest BCUT2D eigenvalue weighted by Crippen LogP contribution is 2.30. The molecule has 1 heterocycles. The van der Waals surface area contributed by atoms with Gasteiger partial charge in [-0.3, -0.25) is 0 Å². The maximum absolute atomic E-state index is 12.6. The van der Waals surface area contributed by atoms with Crippen molar-refractivity contribution < 1.29 is 13.2 Å². The lowest BCUT2D eigenvalue weighted by molar-refractivity contribution is -0.141. The van der Waals surface area contributed by atoms with E-state index in [2.05, 4.69) is 4.98 Å². The first-order valence-corrected chi connectivity index (χ1v) is 5.60. The second-order valence-corrected chi connectivity index (χ2v) is 4.40. The van der Waals surface area contributed by atoms with E-state index in [4.69, 9.17) is 5.26 Å². The van der Waals surface area contributed by atoms with Crippen LogP contribution in [-0.4, -0.2) is 44.1 Å². The Kier molecular flexibility index (Phi) is 4.72. The van der Waals surface area contributed by atoms with Crippen molar-refractivity contribution >= 4 is 5.82 Å². The third-order valence-electron chi connectivity index (χ3n) is 2.53. The van der Waals surface area contributed by atoms with Crippen molar-refractivity contribution in [1.29, 1.82) is 5.26 Å². The quantitative estimate of drug-likeness (QED) is 0.840. The maximum atomic E-state index is 12.6. The van der Waals surface area contributed by atoms with Crippen molar-refractivity contribution in [3.63, 3.8) is 0 Å². The molecular weight excluding hydrogens is 257 g/mol. The zero-order valence-electron chi connectivity index (χ0n) is 11.0. The van der Waals surface area contributed by atoms with Crippen LogP contribution in [-0.2, 0) is 6.18 Å². The number of likely N-dealkylation sites (N-methyl/N-ethyl adjacent to an activating group) is 2. The highest BCUT2D eigenvalue weighted by atomic mass is 19.4. The summed E-state index contributed by atoms with van der Waals surface area (Å²) in [6.45, 7) is 1.13. The van der Waals surface area contributed by atoms with Crippen LogP contribution in [0.3, 0.4) is 0 Å². The van der Waals surface area contributed by atoms with Crippen LogP contribution in [0.4, 0.5) is 19.0 Å². The molecule has 0 spiro atoms. The third-order valence-corrected chi connectivity index (χ3v) is 2.53. The lowest BCUT2D eigenvalue weighted by Gasteiger charge is -2.22. The van der Waals surface area contributed by atoms with Gasteiger partial charge in [0.15, 0.2) is 0 Å². The molecule has 0 unspecified atom stereocenters. The van der Waals surface area contributed by atoms with Crippen LogP contribution in [0, 0.1) is 11.3 Å². The van der Waals surface area contributed by atoms with Crippen LogP contribution in [0.2, 0.25) is 0 Å². The predicted octanol–water partition coefficient (Wildman–Crippen LogP) is 1.97. The average molecular weight is 272 g/mol. The van der Waals surface area contributed by atoms with Gasteiger partial charge < -0.3 is 9.80 Å². The lowest BCUT2D eigenvalue weighted by Crippen LogP contribution is -2.30. The Morgan fingerprint density at radius 2 is 1.84 bits per heavy atom. The SMILES string of the molecule is CN(C)CCN(C)c1nc(C(F)(F)F)ccc1C#N. The van der Waals surface area contributed by atoms with Gasteiger partial charge in [0.1, 0.15) is 17.6 Å². The van der Waals surface area contributed by atoms with Gasteiger partial charge in [0.05, 0.1) is 5.56 Å². The van der Waals surface area contributed by atoms with E-state index in [0.717, 1.165) is 12.1 Å². The molecule has 0 aliphatic rings. The van der Waals surface area contributed by atoms with Crippen molar-refractivity contribution in [2.24, 2.45) is 0 Å². The topological polar surface area (TPSA) is 43.2 Å². The first kappa shape index (κ1) is 15.2. The van der Waals surface area contributed by atoms with Crippen molar-refractivity contribution in [3.05, 3.63) is 23.4 Å². The zero-order chi connectivity index (χ0) is 14.6. The minimum Gasteiger partial charge on any atom is -0.357 e. The van der Waals surface area contributed by atoms with E-state index in [0.29, 0.717) is 13.1 Å². The van der Waals surface area contributed by atoms with Crippen molar-refractivity contribution in [1.82, 2.24) is 9.88 Å². The van der Waals surface area contributed by atoms with Crippen molar-refractivity contribution in [3.8, 4) is 6.07 Å². The molecule has 0 saturated carbocycles. The molecule has 104 valence electrons. The van der Waals surface area contributed by atoms with E-state index in [-0.39, 0.29) is 11.4 Å². The van der Waals surface area contributed by atoms with Crippen molar-refractivity contribution in [2.45, 2.75) is 6.18 Å². The Morgan fingerprint density at radius 3 is 2.32 bits per heavy atom. The van der Waals surface area contributed by atoms with E-state index in [9.17, 15) is 13.2 Å². The summed E-state index contributed by atoms with van der Waals surface area (Å²) in [5.74, 6) is 0.0548. The molecule has 7 heteroatoms. The Bertz CT molecular complexity index is 477. The molecular formula is C12H15F3N4. The van der Waals surface area contributed by atoms with Gasteiger partial charge in [0.2, 0.25) is 0 Å². The number of hydrogen-bond donors (Lipinski definition) is 0. The molecule has 4 nitrogen and oxygen atoms in total. The number of alkyl halides is 3. The van der Waals surface area contributed by atoms with E-state index >= 15 is 0 Å². The second-order valence-electron chi connectivity index (χ2n) is 4.40. The fourth-order valence-electron chi connectivity index (χ4n) is 1.44. The summed E-state index contributed by atoms with van der Waals surface area (Å²) in [4.78, 5) is 7.00. The number of rotatable bonds is 4. The number of halogens is 3. The predicted molar refractivity (Wildman–Crippen MR) is 65.8 cm³/mol. The van der Waals surface area contributed by atoms with Gasteiger partial charge in [0, 0.05) is 20.1 Å². The third kappa shape index (κ3) is 4.10. The largest absolute Gasteiger partial charge is 0.433 e. The first-order valence-electron chi connectivity index (χ1n) is 5.60. The van der Waals surface area contributed by atoms with E-state index < -0.39 is 11.9 Å². The van der Waals surface area contributed by atoms with Crippen LogP contribution in [0.5, 0.6) is 0 Å². The Balaban J connectivity index is 3.06. The molecule has 0 aromatic carbocycles. The number of hydrogen-bond acceptors (Lipinski definition) is 4. The van der Waals surface area contributed by atoms with E-state index in [1.54, 1.807) is 11.9 Å². The summed E-state index contributed by atoms with van der Waals surface area (Å²) in [7, 11) is 5.34. The monoisotopic (exact) mass is 272 g/mol. The maximum Gasteiger partial charge on any atom is 0.433 e. The molecule has 1 rings (SSSR count). The van der Waals surface area contributed by atoms with Gasteiger partial charge in [-0.2, -0.15) is 18.4 Å². The summed E-state index contributed by atoms with van der Waals surface area (Å²) >= 11 is 0. The Labute approximate surface area is 110 Å². The number of aromatic nitrogens is 1. The van der Waals surface area contributed by atoms with Crippen LogP contribution < -0.4 is 4.90 Å². The lowest BCUT2D eigenvalue weighted by atomic mass is 10.2. The van der Waals surface area contributed by atoms with Crippen LogP contribution in [0.1, 0.15) is 11.3 Å². The zero-order valence-corrected chi connectivity index (χ0v) is 11.0. The normalized spacial score (nSPS) is 11.5. The average Bonchev–Trinajstić information content (AvgIpc) is 2.33. The van der Waals surface area contributed by atoms with Gasteiger partial charge >= 0.3 is 6.18 Å². The van der Waals surface area contributed by atoms with Gasteiger partial charge in [-0.1, -0.05) is 0 Å². The fourth-order valence-corrected chi connectivity index (χ4v) is 1.44. The summed E-state index contributed by atoms with van der Waals surface area (Å²) in [6.07, 6.45) is -4.51. The van der Waals surface area contributed by atoms with Crippen LogP contribution in [0.15, 0.2) is 12.1 Å². The van der Waals surface area contributed by atoms with Gasteiger partial charge in [0.25, 0.3) is 0 Å². The molecule has 0 aliphatic carbocycles. The molecule has 0 fully saturated rings. The highest BCUT2D eigenvalue weighted by Gasteiger charge is 2.33. The standard InChI is InChI=1S/C12H15F3N4/c1-18(2)6-7-19(3)11-9(8-16)4-5-10(17-11)12(13,14)15/h4-5H,6-7H2,1-3H3. The molecule has 1 aromatic rings. The Morgan fingerprint density at radius 1 is 1.21 bits per heavy atom.